The third-order valence-corrected chi connectivity index (χ3v) is 4.14. The van der Waals surface area contributed by atoms with E-state index in [0.717, 1.165) is 24.2 Å². The van der Waals surface area contributed by atoms with Gasteiger partial charge in [-0.3, -0.25) is 14.7 Å². The molecule has 2 N–H and O–H groups in total. The summed E-state index contributed by atoms with van der Waals surface area (Å²) >= 11 is 0. The number of rotatable bonds is 5. The van der Waals surface area contributed by atoms with Crippen molar-refractivity contribution < 1.29 is 22.7 Å². The first-order valence-corrected chi connectivity index (χ1v) is 8.41. The Morgan fingerprint density at radius 3 is 2.68 bits per heavy atom. The summed E-state index contributed by atoms with van der Waals surface area (Å²) in [6, 6.07) is 8.91. The van der Waals surface area contributed by atoms with Crippen molar-refractivity contribution in [3.05, 3.63) is 54.4 Å². The number of aromatic nitrogens is 1. The quantitative estimate of drug-likeness (QED) is 0.784. The van der Waals surface area contributed by atoms with Crippen molar-refractivity contribution in [2.24, 2.45) is 0 Å². The van der Waals surface area contributed by atoms with Gasteiger partial charge in [-0.05, 0) is 35.9 Å². The van der Waals surface area contributed by atoms with Gasteiger partial charge >= 0.3 is 6.36 Å². The lowest BCUT2D eigenvalue weighted by Crippen LogP contribution is -2.48. The Morgan fingerprint density at radius 2 is 2.04 bits per heavy atom. The van der Waals surface area contributed by atoms with Crippen molar-refractivity contribution in [2.75, 3.05) is 31.5 Å². The second-order valence-electron chi connectivity index (χ2n) is 6.10. The van der Waals surface area contributed by atoms with Crippen molar-refractivity contribution in [1.29, 1.82) is 0 Å². The lowest BCUT2D eigenvalue weighted by atomic mass is 10.1. The van der Waals surface area contributed by atoms with Crippen LogP contribution in [-0.2, 0) is 4.79 Å². The minimum absolute atomic E-state index is 0. The van der Waals surface area contributed by atoms with E-state index >= 15 is 0 Å². The molecule has 0 radical (unpaired) electrons. The van der Waals surface area contributed by atoms with E-state index in [2.05, 4.69) is 20.4 Å². The first-order valence-electron chi connectivity index (χ1n) is 8.41. The molecule has 1 amide bonds. The van der Waals surface area contributed by atoms with Gasteiger partial charge in [-0.1, -0.05) is 6.07 Å². The lowest BCUT2D eigenvalue weighted by Gasteiger charge is -2.35. The SMILES string of the molecule is Cl.O=C(CN1CCNCC1c1cccnc1)Nc1ccc(OC(F)(F)F)cc1. The maximum atomic E-state index is 12.4. The molecule has 3 rings (SSSR count). The molecular weight excluding hydrogens is 397 g/mol. The number of carbonyl (C=O) groups excluding carboxylic acids is 1. The Bertz CT molecular complexity index is 760. The number of ether oxygens (including phenoxy) is 1. The summed E-state index contributed by atoms with van der Waals surface area (Å²) in [5, 5.41) is 6.00. The number of hydrogen-bond donors (Lipinski definition) is 2. The number of alkyl halides is 3. The molecule has 1 atom stereocenters. The molecular formula is C18H20ClF3N4O2. The normalized spacial score (nSPS) is 17.5. The molecule has 1 aliphatic heterocycles. The molecule has 0 spiro atoms. The second-order valence-corrected chi connectivity index (χ2v) is 6.10. The molecule has 1 unspecified atom stereocenters. The Balaban J connectivity index is 0.00000280. The molecule has 1 fully saturated rings. The van der Waals surface area contributed by atoms with Gasteiger partial charge in [-0.2, -0.15) is 0 Å². The molecule has 6 nitrogen and oxygen atoms in total. The summed E-state index contributed by atoms with van der Waals surface area (Å²) < 4.78 is 40.4. The fraction of sp³-hybridized carbons (Fsp3) is 0.333. The van der Waals surface area contributed by atoms with Crippen molar-refractivity contribution in [3.8, 4) is 5.75 Å². The number of pyridine rings is 1. The van der Waals surface area contributed by atoms with Crippen LogP contribution in [0.5, 0.6) is 5.75 Å². The van der Waals surface area contributed by atoms with Gasteiger partial charge in [-0.25, -0.2) is 0 Å². The van der Waals surface area contributed by atoms with Crippen LogP contribution in [0.3, 0.4) is 0 Å². The van der Waals surface area contributed by atoms with E-state index in [9.17, 15) is 18.0 Å². The standard InChI is InChI=1S/C18H19F3N4O2.ClH/c19-18(20,21)27-15-5-3-14(4-6-15)24-17(26)12-25-9-8-23-11-16(25)13-2-1-7-22-10-13;/h1-7,10,16,23H,8-9,11-12H2,(H,24,26);1H. The molecule has 0 bridgehead atoms. The first-order chi connectivity index (χ1) is 12.9. The van der Waals surface area contributed by atoms with Crippen LogP contribution in [0.4, 0.5) is 18.9 Å². The van der Waals surface area contributed by atoms with E-state index in [4.69, 9.17) is 0 Å². The molecule has 28 heavy (non-hydrogen) atoms. The number of amides is 1. The van der Waals surface area contributed by atoms with Gasteiger partial charge in [0.25, 0.3) is 0 Å². The maximum absolute atomic E-state index is 12.4. The summed E-state index contributed by atoms with van der Waals surface area (Å²) in [7, 11) is 0. The van der Waals surface area contributed by atoms with E-state index < -0.39 is 6.36 Å². The Morgan fingerprint density at radius 1 is 1.29 bits per heavy atom. The summed E-state index contributed by atoms with van der Waals surface area (Å²) in [6.07, 6.45) is -1.26. The smallest absolute Gasteiger partial charge is 0.406 e. The predicted molar refractivity (Wildman–Crippen MR) is 100 cm³/mol. The molecule has 152 valence electrons. The summed E-state index contributed by atoms with van der Waals surface area (Å²) in [5.41, 5.74) is 1.42. The number of anilines is 1. The van der Waals surface area contributed by atoms with Gasteiger partial charge in [0, 0.05) is 43.8 Å². The molecule has 10 heteroatoms. The fourth-order valence-corrected chi connectivity index (χ4v) is 2.96. The summed E-state index contributed by atoms with van der Waals surface area (Å²) in [4.78, 5) is 18.5. The Hall–Kier alpha value is -2.36. The molecule has 1 aliphatic rings. The zero-order valence-corrected chi connectivity index (χ0v) is 15.6. The fourth-order valence-electron chi connectivity index (χ4n) is 2.96. The van der Waals surface area contributed by atoms with Crippen LogP contribution in [0.25, 0.3) is 0 Å². The van der Waals surface area contributed by atoms with Crippen LogP contribution in [0.1, 0.15) is 11.6 Å². The minimum Gasteiger partial charge on any atom is -0.406 e. The predicted octanol–water partition coefficient (Wildman–Crippen LogP) is 2.99. The van der Waals surface area contributed by atoms with Crippen molar-refractivity contribution >= 4 is 24.0 Å². The van der Waals surface area contributed by atoms with Gasteiger partial charge < -0.3 is 15.4 Å². The molecule has 2 aromatic rings. The second kappa shape index (κ2) is 9.72. The highest BCUT2D eigenvalue weighted by Gasteiger charge is 2.31. The molecule has 2 heterocycles. The average Bonchev–Trinajstić information content (AvgIpc) is 2.63. The molecule has 1 aromatic heterocycles. The summed E-state index contributed by atoms with van der Waals surface area (Å²) in [6.45, 7) is 2.35. The van der Waals surface area contributed by atoms with Crippen molar-refractivity contribution in [2.45, 2.75) is 12.4 Å². The van der Waals surface area contributed by atoms with E-state index in [-0.39, 0.29) is 36.7 Å². The number of nitrogens with zero attached hydrogens (tertiary/aromatic N) is 2. The van der Waals surface area contributed by atoms with Crippen LogP contribution in [-0.4, -0.2) is 48.3 Å². The highest BCUT2D eigenvalue weighted by molar-refractivity contribution is 5.92. The zero-order chi connectivity index (χ0) is 19.3. The van der Waals surface area contributed by atoms with Crippen LogP contribution in [0, 0.1) is 0 Å². The van der Waals surface area contributed by atoms with Crippen molar-refractivity contribution in [1.82, 2.24) is 15.2 Å². The van der Waals surface area contributed by atoms with Crippen LogP contribution >= 0.6 is 12.4 Å². The lowest BCUT2D eigenvalue weighted by molar-refractivity contribution is -0.274. The van der Waals surface area contributed by atoms with Crippen molar-refractivity contribution in [3.63, 3.8) is 0 Å². The monoisotopic (exact) mass is 416 g/mol. The van der Waals surface area contributed by atoms with Gasteiger partial charge in [0.1, 0.15) is 5.75 Å². The van der Waals surface area contributed by atoms with Crippen LogP contribution < -0.4 is 15.4 Å². The number of benzene rings is 1. The highest BCUT2D eigenvalue weighted by Crippen LogP contribution is 2.24. The highest BCUT2D eigenvalue weighted by atomic mass is 35.5. The number of carbonyl (C=O) groups is 1. The topological polar surface area (TPSA) is 66.5 Å². The van der Waals surface area contributed by atoms with E-state index in [1.165, 1.54) is 12.1 Å². The first kappa shape index (κ1) is 21.9. The molecule has 0 saturated carbocycles. The maximum Gasteiger partial charge on any atom is 0.573 e. The molecule has 0 aliphatic carbocycles. The summed E-state index contributed by atoms with van der Waals surface area (Å²) in [5.74, 6) is -0.575. The third-order valence-electron chi connectivity index (χ3n) is 4.14. The number of halogens is 4. The number of nitrogens with one attached hydrogen (secondary N) is 2. The average molecular weight is 417 g/mol. The van der Waals surface area contributed by atoms with Crippen LogP contribution in [0.2, 0.25) is 0 Å². The van der Waals surface area contributed by atoms with E-state index in [1.807, 2.05) is 17.0 Å². The van der Waals surface area contributed by atoms with Gasteiger partial charge in [-0.15, -0.1) is 25.6 Å². The van der Waals surface area contributed by atoms with Gasteiger partial charge in [0.15, 0.2) is 0 Å². The Kier molecular flexibility index (Phi) is 7.61. The number of hydrogen-bond acceptors (Lipinski definition) is 5. The zero-order valence-electron chi connectivity index (χ0n) is 14.8. The molecule has 1 aromatic carbocycles. The Labute approximate surface area is 166 Å². The van der Waals surface area contributed by atoms with Gasteiger partial charge in [0.2, 0.25) is 5.91 Å². The molecule has 1 saturated heterocycles. The number of piperazine rings is 1. The van der Waals surface area contributed by atoms with Crippen LogP contribution in [0.15, 0.2) is 48.8 Å². The third kappa shape index (κ3) is 6.36. The minimum atomic E-state index is -4.74. The largest absolute Gasteiger partial charge is 0.573 e. The van der Waals surface area contributed by atoms with E-state index in [1.54, 1.807) is 12.4 Å². The van der Waals surface area contributed by atoms with Gasteiger partial charge in [0.05, 0.1) is 6.54 Å². The van der Waals surface area contributed by atoms with E-state index in [0.29, 0.717) is 18.8 Å².